The zero-order valence-electron chi connectivity index (χ0n) is 14.7. The first-order chi connectivity index (χ1) is 13.3. The Bertz CT molecular complexity index is 855. The van der Waals surface area contributed by atoms with E-state index in [1.807, 2.05) is 12.1 Å². The molecule has 2 aromatic rings. The van der Waals surface area contributed by atoms with Gasteiger partial charge in [-0.25, -0.2) is 0 Å². The third kappa shape index (κ3) is 5.46. The molecule has 0 spiro atoms. The molecule has 1 aliphatic carbocycles. The average Bonchev–Trinajstić information content (AvgIpc) is 2.65. The minimum absolute atomic E-state index is 0.0416. The molecule has 2 N–H and O–H groups in total. The molecule has 2 atom stereocenters. The fourth-order valence-corrected chi connectivity index (χ4v) is 5.68. The Morgan fingerprint density at radius 1 is 0.714 bits per heavy atom. The molecule has 148 valence electrons. The van der Waals surface area contributed by atoms with Crippen LogP contribution in [0.4, 0.5) is 0 Å². The number of phenols is 2. The van der Waals surface area contributed by atoms with Gasteiger partial charge >= 0.3 is 0 Å². The lowest BCUT2D eigenvalue weighted by atomic mass is 9.91. The van der Waals surface area contributed by atoms with Crippen LogP contribution in [-0.2, 0) is 0 Å². The number of benzene rings is 2. The molecule has 8 heteroatoms. The maximum atomic E-state index is 10.2. The summed E-state index contributed by atoms with van der Waals surface area (Å²) < 4.78 is 2.98. The molecule has 0 saturated heterocycles. The fourth-order valence-electron chi connectivity index (χ4n) is 3.16. The van der Waals surface area contributed by atoms with Crippen molar-refractivity contribution >= 4 is 76.1 Å². The van der Waals surface area contributed by atoms with E-state index in [0.717, 1.165) is 34.6 Å². The second-order valence-corrected chi connectivity index (χ2v) is 10.2. The Morgan fingerprint density at radius 3 is 1.50 bits per heavy atom. The summed E-state index contributed by atoms with van der Waals surface area (Å²) in [6, 6.07) is 7.34. The molecule has 0 unspecified atom stereocenters. The molecule has 0 heterocycles. The molecule has 4 nitrogen and oxygen atoms in total. The van der Waals surface area contributed by atoms with Gasteiger partial charge in [0.25, 0.3) is 0 Å². The predicted octanol–water partition coefficient (Wildman–Crippen LogP) is 7.00. The van der Waals surface area contributed by atoms with Crippen molar-refractivity contribution in [1.82, 2.24) is 0 Å². The molecule has 0 aliphatic heterocycles. The van der Waals surface area contributed by atoms with Crippen LogP contribution in [-0.4, -0.2) is 34.7 Å². The SMILES string of the molecule is Oc1c(Br)cc(Br)cc1C=N[C@H]1CCCC[C@H]1N=Cc1cc(Br)cc(Br)c1O. The summed E-state index contributed by atoms with van der Waals surface area (Å²) in [5, 5.41) is 20.5. The van der Waals surface area contributed by atoms with E-state index in [1.54, 1.807) is 24.6 Å². The number of halogens is 4. The Balaban J connectivity index is 1.82. The third-order valence-corrected chi connectivity index (χ3v) is 6.74. The Morgan fingerprint density at radius 2 is 1.11 bits per heavy atom. The van der Waals surface area contributed by atoms with Gasteiger partial charge in [-0.1, -0.05) is 44.7 Å². The van der Waals surface area contributed by atoms with Crippen LogP contribution in [0.25, 0.3) is 0 Å². The standard InChI is InChI=1S/C20H18Br4N2O2/c21-13-5-11(19(27)15(23)7-13)9-25-17-3-1-2-4-18(17)26-10-12-6-14(22)8-16(24)20(12)28/h5-10,17-18,27-28H,1-4H2/t17-,18+. The number of nitrogens with zero attached hydrogens (tertiary/aromatic N) is 2. The normalized spacial score (nSPS) is 20.3. The van der Waals surface area contributed by atoms with Crippen molar-refractivity contribution in [2.45, 2.75) is 37.8 Å². The first kappa shape index (κ1) is 22.0. The van der Waals surface area contributed by atoms with Crippen molar-refractivity contribution in [3.8, 4) is 11.5 Å². The highest BCUT2D eigenvalue weighted by atomic mass is 79.9. The average molecular weight is 638 g/mol. The Hall–Kier alpha value is -0.700. The summed E-state index contributed by atoms with van der Waals surface area (Å²) in [6.07, 6.45) is 7.55. The summed E-state index contributed by atoms with van der Waals surface area (Å²) in [6.45, 7) is 0. The number of hydrogen-bond acceptors (Lipinski definition) is 4. The van der Waals surface area contributed by atoms with E-state index in [2.05, 4.69) is 63.7 Å². The van der Waals surface area contributed by atoms with Gasteiger partial charge in [0.1, 0.15) is 11.5 Å². The molecule has 0 aromatic heterocycles. The van der Waals surface area contributed by atoms with E-state index in [9.17, 15) is 10.2 Å². The Labute approximate surface area is 197 Å². The molecule has 1 saturated carbocycles. The molecule has 28 heavy (non-hydrogen) atoms. The van der Waals surface area contributed by atoms with Gasteiger partial charge in [0.05, 0.1) is 21.0 Å². The first-order valence-electron chi connectivity index (χ1n) is 8.77. The van der Waals surface area contributed by atoms with Gasteiger partial charge in [-0.3, -0.25) is 9.98 Å². The summed E-state index contributed by atoms with van der Waals surface area (Å²) in [5.74, 6) is 0.346. The quantitative estimate of drug-likeness (QED) is 0.355. The molecule has 3 rings (SSSR count). The maximum Gasteiger partial charge on any atom is 0.138 e. The van der Waals surface area contributed by atoms with Gasteiger partial charge in [0.2, 0.25) is 0 Å². The lowest BCUT2D eigenvalue weighted by Gasteiger charge is -2.25. The molecule has 1 aliphatic rings. The van der Waals surface area contributed by atoms with Crippen LogP contribution in [0, 0.1) is 0 Å². The number of phenolic OH excluding ortho intramolecular Hbond substituents is 2. The van der Waals surface area contributed by atoms with Crippen LogP contribution in [0.3, 0.4) is 0 Å². The number of aliphatic imine (C=N–C) groups is 2. The first-order valence-corrected chi connectivity index (χ1v) is 11.9. The second kappa shape index (κ2) is 9.87. The highest BCUT2D eigenvalue weighted by Gasteiger charge is 2.23. The van der Waals surface area contributed by atoms with Crippen molar-refractivity contribution in [2.75, 3.05) is 0 Å². The number of aromatic hydroxyl groups is 2. The highest BCUT2D eigenvalue weighted by molar-refractivity contribution is 9.11. The van der Waals surface area contributed by atoms with E-state index >= 15 is 0 Å². The van der Waals surface area contributed by atoms with Crippen molar-refractivity contribution in [1.29, 1.82) is 0 Å². The van der Waals surface area contributed by atoms with Crippen molar-refractivity contribution in [2.24, 2.45) is 9.98 Å². The van der Waals surface area contributed by atoms with Gasteiger partial charge in [-0.2, -0.15) is 0 Å². The molecular weight excluding hydrogens is 620 g/mol. The smallest absolute Gasteiger partial charge is 0.138 e. The molecule has 0 radical (unpaired) electrons. The summed E-state index contributed by atoms with van der Waals surface area (Å²) in [5.41, 5.74) is 1.31. The largest absolute Gasteiger partial charge is 0.506 e. The molecular formula is C20H18Br4N2O2. The summed E-state index contributed by atoms with van der Waals surface area (Å²) >= 11 is 13.6. The highest BCUT2D eigenvalue weighted by Crippen LogP contribution is 2.33. The van der Waals surface area contributed by atoms with Crippen LogP contribution in [0.1, 0.15) is 36.8 Å². The summed E-state index contributed by atoms with van der Waals surface area (Å²) in [4.78, 5) is 9.45. The zero-order chi connectivity index (χ0) is 20.3. The summed E-state index contributed by atoms with van der Waals surface area (Å²) in [7, 11) is 0. The molecule has 2 aromatic carbocycles. The lowest BCUT2D eigenvalue weighted by Crippen LogP contribution is -2.27. The Kier molecular flexibility index (Phi) is 7.75. The number of rotatable bonds is 4. The molecule has 1 fully saturated rings. The fraction of sp³-hybridized carbons (Fsp3) is 0.300. The second-order valence-electron chi connectivity index (χ2n) is 6.63. The zero-order valence-corrected chi connectivity index (χ0v) is 21.1. The van der Waals surface area contributed by atoms with Gasteiger partial charge in [-0.05, 0) is 69.0 Å². The van der Waals surface area contributed by atoms with Crippen LogP contribution < -0.4 is 0 Å². The third-order valence-electron chi connectivity index (χ3n) is 4.62. The van der Waals surface area contributed by atoms with Gasteiger partial charge in [0, 0.05) is 32.5 Å². The minimum Gasteiger partial charge on any atom is -0.506 e. The monoisotopic (exact) mass is 634 g/mol. The van der Waals surface area contributed by atoms with Gasteiger partial charge < -0.3 is 10.2 Å². The van der Waals surface area contributed by atoms with Crippen molar-refractivity contribution in [3.05, 3.63) is 53.3 Å². The van der Waals surface area contributed by atoms with Crippen LogP contribution in [0.5, 0.6) is 11.5 Å². The van der Waals surface area contributed by atoms with Gasteiger partial charge in [-0.15, -0.1) is 0 Å². The van der Waals surface area contributed by atoms with Crippen LogP contribution in [0.15, 0.2) is 52.1 Å². The molecule has 0 bridgehead atoms. The van der Waals surface area contributed by atoms with Crippen molar-refractivity contribution in [3.63, 3.8) is 0 Å². The van der Waals surface area contributed by atoms with Crippen LogP contribution in [0.2, 0.25) is 0 Å². The van der Waals surface area contributed by atoms with E-state index in [0.29, 0.717) is 20.1 Å². The maximum absolute atomic E-state index is 10.2. The lowest BCUT2D eigenvalue weighted by molar-refractivity contribution is 0.390. The number of hydrogen-bond donors (Lipinski definition) is 2. The van der Waals surface area contributed by atoms with Crippen molar-refractivity contribution < 1.29 is 10.2 Å². The topological polar surface area (TPSA) is 65.2 Å². The predicted molar refractivity (Wildman–Crippen MR) is 128 cm³/mol. The van der Waals surface area contributed by atoms with E-state index in [1.165, 1.54) is 0 Å². The van der Waals surface area contributed by atoms with E-state index in [4.69, 9.17) is 9.98 Å². The van der Waals surface area contributed by atoms with E-state index in [-0.39, 0.29) is 23.6 Å². The van der Waals surface area contributed by atoms with E-state index < -0.39 is 0 Å². The van der Waals surface area contributed by atoms with Gasteiger partial charge in [0.15, 0.2) is 0 Å². The van der Waals surface area contributed by atoms with Crippen LogP contribution >= 0.6 is 63.7 Å². The minimum atomic E-state index is 0.0416. The molecule has 0 amide bonds.